The first-order valence-corrected chi connectivity index (χ1v) is 9.58. The van der Waals surface area contributed by atoms with Crippen LogP contribution in [0.25, 0.3) is 0 Å². The van der Waals surface area contributed by atoms with E-state index in [2.05, 4.69) is 15.2 Å². The number of carbonyl (C=O) groups is 1. The summed E-state index contributed by atoms with van der Waals surface area (Å²) >= 11 is 0. The van der Waals surface area contributed by atoms with Crippen molar-refractivity contribution in [3.8, 4) is 0 Å². The van der Waals surface area contributed by atoms with E-state index in [1.54, 1.807) is 19.0 Å². The molecule has 4 heterocycles. The largest absolute Gasteiger partial charge is 0.381 e. The molecule has 4 saturated heterocycles. The highest BCUT2D eigenvalue weighted by Crippen LogP contribution is 2.47. The molecular weight excluding hydrogens is 320 g/mol. The van der Waals surface area contributed by atoms with E-state index in [0.717, 1.165) is 45.2 Å². The predicted octanol–water partition coefficient (Wildman–Crippen LogP) is 0.166. The molecule has 0 saturated carbocycles. The van der Waals surface area contributed by atoms with Crippen LogP contribution in [0.4, 0.5) is 0 Å². The Morgan fingerprint density at radius 2 is 1.92 bits per heavy atom. The summed E-state index contributed by atoms with van der Waals surface area (Å²) in [6.45, 7) is 4.73. The van der Waals surface area contributed by atoms with E-state index in [1.165, 1.54) is 12.8 Å². The Kier molecular flexibility index (Phi) is 4.86. The lowest BCUT2D eigenvalue weighted by Gasteiger charge is -2.25. The third kappa shape index (κ3) is 3.49. The summed E-state index contributed by atoms with van der Waals surface area (Å²) in [5.41, 5.74) is 0. The molecular formula is C18H30N4O3. The first-order chi connectivity index (χ1) is 12.1. The molecule has 0 radical (unpaired) electrons. The van der Waals surface area contributed by atoms with E-state index in [9.17, 15) is 4.79 Å². The number of ether oxygens (including phenoxy) is 2. The van der Waals surface area contributed by atoms with Gasteiger partial charge in [-0.05, 0) is 19.3 Å². The van der Waals surface area contributed by atoms with Crippen molar-refractivity contribution in [2.45, 2.75) is 31.5 Å². The average molecular weight is 350 g/mol. The van der Waals surface area contributed by atoms with Crippen LogP contribution in [0.15, 0.2) is 4.99 Å². The number of amides is 1. The van der Waals surface area contributed by atoms with Crippen molar-refractivity contribution >= 4 is 11.9 Å². The molecule has 1 amide bonds. The molecule has 5 unspecified atom stereocenters. The van der Waals surface area contributed by atoms with Gasteiger partial charge in [0.2, 0.25) is 5.91 Å². The van der Waals surface area contributed by atoms with Crippen molar-refractivity contribution in [3.63, 3.8) is 0 Å². The van der Waals surface area contributed by atoms with Crippen molar-refractivity contribution in [3.05, 3.63) is 0 Å². The zero-order valence-corrected chi connectivity index (χ0v) is 15.3. The lowest BCUT2D eigenvalue weighted by Crippen LogP contribution is -2.44. The number of likely N-dealkylation sites (tertiary alicyclic amines) is 1. The molecule has 1 N–H and O–H groups in total. The molecule has 4 rings (SSSR count). The van der Waals surface area contributed by atoms with Crippen molar-refractivity contribution in [1.29, 1.82) is 0 Å². The quantitative estimate of drug-likeness (QED) is 0.578. The molecule has 0 spiro atoms. The summed E-state index contributed by atoms with van der Waals surface area (Å²) in [7, 11) is 3.55. The fourth-order valence-corrected chi connectivity index (χ4v) is 4.66. The standard InChI is InChI=1S/C18H30N4O3/c1-21(2)17(23)8-20-18(19-7-12-5-6-24-11-12)22-9-13-14(10-22)16-4-3-15(13)25-16/h12-16H,3-11H2,1-2H3,(H,19,20). The smallest absolute Gasteiger partial charge is 0.243 e. The van der Waals surface area contributed by atoms with Crippen LogP contribution in [0.3, 0.4) is 0 Å². The monoisotopic (exact) mass is 350 g/mol. The van der Waals surface area contributed by atoms with Crippen LogP contribution >= 0.6 is 0 Å². The Labute approximate surface area is 149 Å². The van der Waals surface area contributed by atoms with Crippen LogP contribution in [-0.2, 0) is 14.3 Å². The van der Waals surface area contributed by atoms with Gasteiger partial charge in [0.15, 0.2) is 5.96 Å². The van der Waals surface area contributed by atoms with Gasteiger partial charge >= 0.3 is 0 Å². The van der Waals surface area contributed by atoms with Crippen LogP contribution in [0.1, 0.15) is 19.3 Å². The lowest BCUT2D eigenvalue weighted by atomic mass is 9.82. The minimum absolute atomic E-state index is 0.0336. The van der Waals surface area contributed by atoms with Gasteiger partial charge in [0.05, 0.1) is 18.8 Å². The number of fused-ring (bicyclic) bond motifs is 5. The van der Waals surface area contributed by atoms with Crippen LogP contribution in [0.2, 0.25) is 0 Å². The first-order valence-electron chi connectivity index (χ1n) is 9.58. The van der Waals surface area contributed by atoms with E-state index in [-0.39, 0.29) is 12.5 Å². The van der Waals surface area contributed by atoms with Gasteiger partial charge in [0.1, 0.15) is 6.54 Å². The first kappa shape index (κ1) is 17.1. The number of guanidine groups is 1. The van der Waals surface area contributed by atoms with E-state index < -0.39 is 0 Å². The highest BCUT2D eigenvalue weighted by molar-refractivity contribution is 5.85. The third-order valence-electron chi connectivity index (χ3n) is 6.19. The number of likely N-dealkylation sites (N-methyl/N-ethyl adjacent to an activating group) is 1. The Hall–Kier alpha value is -1.34. The second-order valence-electron chi connectivity index (χ2n) is 8.06. The maximum Gasteiger partial charge on any atom is 0.243 e. The lowest BCUT2D eigenvalue weighted by molar-refractivity contribution is -0.127. The fourth-order valence-electron chi connectivity index (χ4n) is 4.66. The number of rotatable bonds is 4. The summed E-state index contributed by atoms with van der Waals surface area (Å²) in [4.78, 5) is 20.6. The maximum atomic E-state index is 12.0. The number of aliphatic imine (C=N–C) groups is 1. The summed E-state index contributed by atoms with van der Waals surface area (Å²) in [6.07, 6.45) is 4.39. The molecule has 7 heteroatoms. The van der Waals surface area contributed by atoms with Gasteiger partial charge in [-0.15, -0.1) is 0 Å². The third-order valence-corrected chi connectivity index (χ3v) is 6.19. The van der Waals surface area contributed by atoms with Gasteiger partial charge in [-0.3, -0.25) is 4.79 Å². The molecule has 0 aromatic rings. The van der Waals surface area contributed by atoms with Crippen molar-refractivity contribution in [2.75, 3.05) is 53.5 Å². The SMILES string of the molecule is CN(C)C(=O)CN=C(NCC1CCOC1)N1CC2C3CCC(O3)C2C1. The summed E-state index contributed by atoms with van der Waals surface area (Å²) < 4.78 is 11.5. The number of hydrogen-bond acceptors (Lipinski definition) is 4. The van der Waals surface area contributed by atoms with Crippen LogP contribution in [-0.4, -0.2) is 87.4 Å². The zero-order valence-electron chi connectivity index (χ0n) is 15.3. The van der Waals surface area contributed by atoms with E-state index in [1.807, 2.05) is 0 Å². The number of carbonyl (C=O) groups excluding carboxylic acids is 1. The zero-order chi connectivity index (χ0) is 17.4. The molecule has 140 valence electrons. The topological polar surface area (TPSA) is 66.4 Å². The van der Waals surface area contributed by atoms with Gasteiger partial charge in [0.25, 0.3) is 0 Å². The molecule has 25 heavy (non-hydrogen) atoms. The second-order valence-corrected chi connectivity index (χ2v) is 8.06. The van der Waals surface area contributed by atoms with Gasteiger partial charge in [-0.25, -0.2) is 4.99 Å². The molecule has 2 bridgehead atoms. The Morgan fingerprint density at radius 1 is 1.20 bits per heavy atom. The Morgan fingerprint density at radius 3 is 2.52 bits per heavy atom. The normalized spacial score (nSPS) is 36.8. The minimum atomic E-state index is 0.0336. The van der Waals surface area contributed by atoms with Crippen LogP contribution in [0.5, 0.6) is 0 Å². The average Bonchev–Trinajstić information content (AvgIpc) is 3.35. The van der Waals surface area contributed by atoms with Crippen LogP contribution in [0, 0.1) is 17.8 Å². The van der Waals surface area contributed by atoms with Crippen molar-refractivity contribution in [2.24, 2.45) is 22.7 Å². The summed E-state index contributed by atoms with van der Waals surface area (Å²) in [5, 5.41) is 3.52. The minimum Gasteiger partial charge on any atom is -0.381 e. The molecule has 4 fully saturated rings. The predicted molar refractivity (Wildman–Crippen MR) is 94.4 cm³/mol. The fraction of sp³-hybridized carbons (Fsp3) is 0.889. The number of hydrogen-bond donors (Lipinski definition) is 1. The van der Waals surface area contributed by atoms with Crippen LogP contribution < -0.4 is 5.32 Å². The Bertz CT molecular complexity index is 514. The Balaban J connectivity index is 1.41. The maximum absolute atomic E-state index is 12.0. The highest BCUT2D eigenvalue weighted by Gasteiger charge is 2.53. The molecule has 0 aromatic heterocycles. The van der Waals surface area contributed by atoms with Gasteiger partial charge in [-0.1, -0.05) is 0 Å². The number of nitrogens with one attached hydrogen (secondary N) is 1. The number of nitrogens with zero attached hydrogens (tertiary/aromatic N) is 3. The molecule has 0 aromatic carbocycles. The summed E-state index contributed by atoms with van der Waals surface area (Å²) in [6, 6.07) is 0. The van der Waals surface area contributed by atoms with E-state index in [0.29, 0.717) is 30.0 Å². The van der Waals surface area contributed by atoms with Crippen molar-refractivity contribution < 1.29 is 14.3 Å². The van der Waals surface area contributed by atoms with E-state index >= 15 is 0 Å². The molecule has 0 aliphatic carbocycles. The highest BCUT2D eigenvalue weighted by atomic mass is 16.5. The molecule has 7 nitrogen and oxygen atoms in total. The summed E-state index contributed by atoms with van der Waals surface area (Å²) in [5.74, 6) is 2.72. The van der Waals surface area contributed by atoms with Gasteiger partial charge in [0, 0.05) is 58.1 Å². The van der Waals surface area contributed by atoms with Gasteiger partial charge < -0.3 is 24.6 Å². The van der Waals surface area contributed by atoms with Crippen molar-refractivity contribution in [1.82, 2.24) is 15.1 Å². The molecule has 4 aliphatic heterocycles. The molecule has 4 aliphatic rings. The van der Waals surface area contributed by atoms with Gasteiger partial charge in [-0.2, -0.15) is 0 Å². The van der Waals surface area contributed by atoms with E-state index in [4.69, 9.17) is 9.47 Å². The second kappa shape index (κ2) is 7.11. The molecule has 5 atom stereocenters.